The Bertz CT molecular complexity index is 245. The Balaban J connectivity index is 3.61. The number of nitrogens with one attached hydrogen (secondary N) is 1. The maximum Gasteiger partial charge on any atom is 0.193 e. The van der Waals surface area contributed by atoms with Gasteiger partial charge >= 0.3 is 0 Å². The molecule has 112 valence electrons. The Labute approximate surface area is 117 Å². The van der Waals surface area contributed by atoms with Crippen LogP contribution in [0.4, 0.5) is 0 Å². The van der Waals surface area contributed by atoms with Crippen molar-refractivity contribution in [1.29, 1.82) is 0 Å². The van der Waals surface area contributed by atoms with Crippen molar-refractivity contribution in [3.63, 3.8) is 0 Å². The lowest BCUT2D eigenvalue weighted by molar-refractivity contribution is 0.0698. The fraction of sp³-hybridized carbons (Fsp3) is 0.786. The molecule has 0 aromatic carbocycles. The molecule has 0 atom stereocenters. The summed E-state index contributed by atoms with van der Waals surface area (Å²) in [5.41, 5.74) is 0. The van der Waals surface area contributed by atoms with Gasteiger partial charge in [0.2, 0.25) is 0 Å². The molecule has 0 unspecified atom stereocenters. The minimum atomic E-state index is 0.654. The Kier molecular flexibility index (Phi) is 12.6. The molecule has 0 rings (SSSR count). The van der Waals surface area contributed by atoms with Crippen molar-refractivity contribution >= 4 is 5.96 Å². The third kappa shape index (κ3) is 10.5. The third-order valence-electron chi connectivity index (χ3n) is 2.66. The van der Waals surface area contributed by atoms with Crippen LogP contribution < -0.4 is 5.32 Å². The number of ether oxygens (including phenoxy) is 2. The first kappa shape index (κ1) is 17.9. The molecule has 0 heterocycles. The molecule has 0 aliphatic heterocycles. The molecule has 0 radical (unpaired) electrons. The van der Waals surface area contributed by atoms with E-state index >= 15 is 0 Å². The average Bonchev–Trinajstić information content (AvgIpc) is 2.42. The number of rotatable bonds is 11. The van der Waals surface area contributed by atoms with Gasteiger partial charge in [0.15, 0.2) is 5.96 Å². The highest BCUT2D eigenvalue weighted by Gasteiger charge is 2.03. The summed E-state index contributed by atoms with van der Waals surface area (Å²) in [4.78, 5) is 6.39. The van der Waals surface area contributed by atoms with E-state index in [4.69, 9.17) is 9.47 Å². The summed E-state index contributed by atoms with van der Waals surface area (Å²) in [6, 6.07) is 0. The van der Waals surface area contributed by atoms with E-state index in [0.717, 1.165) is 44.9 Å². The highest BCUT2D eigenvalue weighted by atomic mass is 16.5. The molecule has 0 spiro atoms. The third-order valence-corrected chi connectivity index (χ3v) is 2.66. The maximum absolute atomic E-state index is 5.40. The minimum absolute atomic E-state index is 0.654. The first-order chi connectivity index (χ1) is 9.26. The number of nitrogens with zero attached hydrogens (tertiary/aromatic N) is 2. The summed E-state index contributed by atoms with van der Waals surface area (Å²) in [6.45, 7) is 7.63. The van der Waals surface area contributed by atoms with Gasteiger partial charge < -0.3 is 19.7 Å². The van der Waals surface area contributed by atoms with E-state index in [2.05, 4.69) is 21.8 Å². The van der Waals surface area contributed by atoms with Crippen molar-refractivity contribution in [3.05, 3.63) is 12.7 Å². The monoisotopic (exact) mass is 271 g/mol. The Morgan fingerprint density at radius 1 is 1.32 bits per heavy atom. The van der Waals surface area contributed by atoms with Crippen LogP contribution in [0.25, 0.3) is 0 Å². The van der Waals surface area contributed by atoms with Crippen LogP contribution in [0.2, 0.25) is 0 Å². The van der Waals surface area contributed by atoms with Gasteiger partial charge in [-0.3, -0.25) is 4.99 Å². The molecule has 0 amide bonds. The normalized spacial score (nSPS) is 11.4. The standard InChI is InChI=1S/C14H29N3O2/c1-5-6-7-10-17(3)14(15-2)16-9-8-11-19-13-12-18-4/h5H,1,6-13H2,2-4H3,(H,15,16). The van der Waals surface area contributed by atoms with Gasteiger partial charge in [-0.15, -0.1) is 6.58 Å². The fourth-order valence-electron chi connectivity index (χ4n) is 1.58. The summed E-state index contributed by atoms with van der Waals surface area (Å²) >= 11 is 0. The second kappa shape index (κ2) is 13.4. The van der Waals surface area contributed by atoms with Crippen molar-refractivity contribution in [2.45, 2.75) is 19.3 Å². The highest BCUT2D eigenvalue weighted by molar-refractivity contribution is 5.79. The maximum atomic E-state index is 5.40. The van der Waals surface area contributed by atoms with E-state index in [-0.39, 0.29) is 0 Å². The smallest absolute Gasteiger partial charge is 0.193 e. The molecule has 0 saturated carbocycles. The van der Waals surface area contributed by atoms with Gasteiger partial charge in [0.05, 0.1) is 13.2 Å². The van der Waals surface area contributed by atoms with Crippen molar-refractivity contribution in [3.8, 4) is 0 Å². The topological polar surface area (TPSA) is 46.1 Å². The molecule has 1 N–H and O–H groups in total. The molecule has 0 fully saturated rings. The van der Waals surface area contributed by atoms with Crippen LogP contribution in [0.15, 0.2) is 17.6 Å². The highest BCUT2D eigenvalue weighted by Crippen LogP contribution is 1.94. The summed E-state index contributed by atoms with van der Waals surface area (Å²) < 4.78 is 10.3. The van der Waals surface area contributed by atoms with Crippen molar-refractivity contribution < 1.29 is 9.47 Å². The summed E-state index contributed by atoms with van der Waals surface area (Å²) in [5, 5.41) is 3.33. The largest absolute Gasteiger partial charge is 0.382 e. The first-order valence-electron chi connectivity index (χ1n) is 6.85. The zero-order chi connectivity index (χ0) is 14.3. The van der Waals surface area contributed by atoms with E-state index < -0.39 is 0 Å². The quantitative estimate of drug-likeness (QED) is 0.268. The van der Waals surface area contributed by atoms with E-state index in [1.54, 1.807) is 14.2 Å². The van der Waals surface area contributed by atoms with Crippen molar-refractivity contribution in [2.24, 2.45) is 4.99 Å². The van der Waals surface area contributed by atoms with Crippen LogP contribution in [0.3, 0.4) is 0 Å². The molecule has 5 nitrogen and oxygen atoms in total. The predicted octanol–water partition coefficient (Wildman–Crippen LogP) is 1.51. The molecule has 0 aliphatic carbocycles. The Hall–Kier alpha value is -1.07. The van der Waals surface area contributed by atoms with Crippen LogP contribution >= 0.6 is 0 Å². The summed E-state index contributed by atoms with van der Waals surface area (Å²) in [5.74, 6) is 0.931. The van der Waals surface area contributed by atoms with E-state index in [0.29, 0.717) is 13.2 Å². The zero-order valence-corrected chi connectivity index (χ0v) is 12.7. The Morgan fingerprint density at radius 2 is 2.11 bits per heavy atom. The molecule has 5 heteroatoms. The van der Waals surface area contributed by atoms with Crippen molar-refractivity contribution in [1.82, 2.24) is 10.2 Å². The van der Waals surface area contributed by atoms with Gasteiger partial charge in [0.25, 0.3) is 0 Å². The van der Waals surface area contributed by atoms with Crippen molar-refractivity contribution in [2.75, 3.05) is 54.1 Å². The van der Waals surface area contributed by atoms with Crippen LogP contribution in [-0.4, -0.2) is 65.0 Å². The second-order valence-electron chi connectivity index (χ2n) is 4.29. The average molecular weight is 271 g/mol. The summed E-state index contributed by atoms with van der Waals surface area (Å²) in [7, 11) is 5.53. The van der Waals surface area contributed by atoms with E-state index in [1.165, 1.54) is 0 Å². The number of hydrogen-bond donors (Lipinski definition) is 1. The van der Waals surface area contributed by atoms with E-state index in [9.17, 15) is 0 Å². The molecule has 0 aromatic rings. The van der Waals surface area contributed by atoms with Gasteiger partial charge in [-0.2, -0.15) is 0 Å². The van der Waals surface area contributed by atoms with Gasteiger partial charge in [-0.05, 0) is 19.3 Å². The predicted molar refractivity (Wildman–Crippen MR) is 80.7 cm³/mol. The Morgan fingerprint density at radius 3 is 2.74 bits per heavy atom. The van der Waals surface area contributed by atoms with Crippen LogP contribution in [0.5, 0.6) is 0 Å². The van der Waals surface area contributed by atoms with E-state index in [1.807, 2.05) is 13.1 Å². The lowest BCUT2D eigenvalue weighted by Crippen LogP contribution is -2.40. The van der Waals surface area contributed by atoms with Gasteiger partial charge in [0.1, 0.15) is 0 Å². The van der Waals surface area contributed by atoms with Gasteiger partial charge in [-0.25, -0.2) is 0 Å². The molecule has 19 heavy (non-hydrogen) atoms. The number of methoxy groups -OCH3 is 1. The lowest BCUT2D eigenvalue weighted by atomic mass is 10.3. The number of guanidine groups is 1. The molecule has 0 saturated heterocycles. The minimum Gasteiger partial charge on any atom is -0.382 e. The molecule has 0 aromatic heterocycles. The molecule has 0 aliphatic rings. The number of unbranched alkanes of at least 4 members (excludes halogenated alkanes) is 1. The zero-order valence-electron chi connectivity index (χ0n) is 12.7. The SMILES string of the molecule is C=CCCCN(C)C(=NC)NCCCOCCOC. The van der Waals surface area contributed by atoms with Crippen LogP contribution in [0, 0.1) is 0 Å². The van der Waals surface area contributed by atoms with Crippen LogP contribution in [-0.2, 0) is 9.47 Å². The molecular formula is C14H29N3O2. The number of aliphatic imine (C=N–C) groups is 1. The lowest BCUT2D eigenvalue weighted by Gasteiger charge is -2.21. The molecule has 0 bridgehead atoms. The molecular weight excluding hydrogens is 242 g/mol. The second-order valence-corrected chi connectivity index (χ2v) is 4.29. The fourth-order valence-corrected chi connectivity index (χ4v) is 1.58. The summed E-state index contributed by atoms with van der Waals surface area (Å²) in [6.07, 6.45) is 5.04. The number of hydrogen-bond acceptors (Lipinski definition) is 3. The van der Waals surface area contributed by atoms with Crippen LogP contribution in [0.1, 0.15) is 19.3 Å². The van der Waals surface area contributed by atoms with Gasteiger partial charge in [0, 0.05) is 40.9 Å². The number of allylic oxidation sites excluding steroid dienone is 1. The van der Waals surface area contributed by atoms with Gasteiger partial charge in [-0.1, -0.05) is 6.08 Å². The first-order valence-corrected chi connectivity index (χ1v) is 6.85.